The average molecular weight is 397 g/mol. The Morgan fingerprint density at radius 3 is 2.45 bits per heavy atom. The Balaban J connectivity index is 1.70. The number of imidazole rings is 1. The lowest BCUT2D eigenvalue weighted by atomic mass is 10.1. The molecule has 0 saturated heterocycles. The summed E-state index contributed by atoms with van der Waals surface area (Å²) >= 11 is 0. The van der Waals surface area contributed by atoms with Crippen LogP contribution in [-0.4, -0.2) is 32.3 Å². The van der Waals surface area contributed by atoms with Crippen LogP contribution in [0.25, 0.3) is 16.9 Å². The van der Waals surface area contributed by atoms with Gasteiger partial charge in [0, 0.05) is 25.0 Å². The van der Waals surface area contributed by atoms with Gasteiger partial charge in [0.05, 0.1) is 35.5 Å². The van der Waals surface area contributed by atoms with Gasteiger partial charge >= 0.3 is 6.18 Å². The van der Waals surface area contributed by atoms with E-state index in [-0.39, 0.29) is 11.6 Å². The number of anilines is 1. The van der Waals surface area contributed by atoms with Gasteiger partial charge in [0.25, 0.3) is 5.91 Å². The highest BCUT2D eigenvalue weighted by molar-refractivity contribution is 6.04. The van der Waals surface area contributed by atoms with E-state index in [1.165, 1.54) is 35.6 Å². The number of carbonyl (C=O) groups excluding carboxylic acids is 1. The van der Waals surface area contributed by atoms with E-state index < -0.39 is 11.7 Å². The summed E-state index contributed by atoms with van der Waals surface area (Å²) in [5.74, 6) is -0.355. The maximum atomic E-state index is 12.8. The standard InChI is InChI=1S/C20H14F3N5O/c1-27(15-3-2-8-24-9-15)19(29)16-12-28-17(10-26-18(28)11-25-16)13-4-6-14(7-5-13)20(21,22)23/h2-12H,1H3. The van der Waals surface area contributed by atoms with Gasteiger partial charge in [0.2, 0.25) is 0 Å². The van der Waals surface area contributed by atoms with Crippen molar-refractivity contribution in [2.45, 2.75) is 6.18 Å². The SMILES string of the molecule is CN(C(=O)c1cn2c(-c3ccc(C(F)(F)F)cc3)cnc2cn1)c1cccnc1. The summed E-state index contributed by atoms with van der Waals surface area (Å²) in [4.78, 5) is 26.6. The van der Waals surface area contributed by atoms with E-state index in [2.05, 4.69) is 15.0 Å². The lowest BCUT2D eigenvalue weighted by Gasteiger charge is -2.16. The number of amides is 1. The molecule has 0 fully saturated rings. The topological polar surface area (TPSA) is 63.4 Å². The molecule has 29 heavy (non-hydrogen) atoms. The number of pyridine rings is 1. The molecule has 0 N–H and O–H groups in total. The minimum Gasteiger partial charge on any atom is -0.309 e. The largest absolute Gasteiger partial charge is 0.416 e. The van der Waals surface area contributed by atoms with Crippen molar-refractivity contribution >= 4 is 17.2 Å². The summed E-state index contributed by atoms with van der Waals surface area (Å²) < 4.78 is 40.0. The Morgan fingerprint density at radius 1 is 1.03 bits per heavy atom. The van der Waals surface area contributed by atoms with Gasteiger partial charge in [-0.25, -0.2) is 9.97 Å². The van der Waals surface area contributed by atoms with Crippen LogP contribution in [0.5, 0.6) is 0 Å². The Hall–Kier alpha value is -3.75. The summed E-state index contributed by atoms with van der Waals surface area (Å²) in [7, 11) is 1.61. The number of halogens is 3. The number of fused-ring (bicyclic) bond motifs is 1. The van der Waals surface area contributed by atoms with Gasteiger partial charge in [-0.3, -0.25) is 14.2 Å². The van der Waals surface area contributed by atoms with Crippen molar-refractivity contribution in [2.24, 2.45) is 0 Å². The number of hydrogen-bond acceptors (Lipinski definition) is 4. The summed E-state index contributed by atoms with van der Waals surface area (Å²) in [6.45, 7) is 0. The molecular formula is C20H14F3N5O. The first-order chi connectivity index (χ1) is 13.8. The van der Waals surface area contributed by atoms with E-state index in [0.717, 1.165) is 12.1 Å². The van der Waals surface area contributed by atoms with Crippen LogP contribution in [0.2, 0.25) is 0 Å². The average Bonchev–Trinajstić information content (AvgIpc) is 3.16. The van der Waals surface area contributed by atoms with Crippen LogP contribution in [0.1, 0.15) is 16.1 Å². The van der Waals surface area contributed by atoms with Crippen LogP contribution in [0.15, 0.2) is 67.4 Å². The molecule has 0 radical (unpaired) electrons. The monoisotopic (exact) mass is 397 g/mol. The van der Waals surface area contributed by atoms with Crippen molar-refractivity contribution in [1.29, 1.82) is 0 Å². The van der Waals surface area contributed by atoms with Crippen LogP contribution in [0.4, 0.5) is 18.9 Å². The van der Waals surface area contributed by atoms with Crippen molar-refractivity contribution in [3.63, 3.8) is 0 Å². The highest BCUT2D eigenvalue weighted by Crippen LogP contribution is 2.31. The minimum atomic E-state index is -4.40. The summed E-state index contributed by atoms with van der Waals surface area (Å²) in [5, 5.41) is 0. The number of alkyl halides is 3. The summed E-state index contributed by atoms with van der Waals surface area (Å²) in [6.07, 6.45) is 3.24. The fraction of sp³-hybridized carbons (Fsp3) is 0.100. The van der Waals surface area contributed by atoms with E-state index >= 15 is 0 Å². The fourth-order valence-corrected chi connectivity index (χ4v) is 2.88. The second-order valence-corrected chi connectivity index (χ2v) is 6.29. The number of hydrogen-bond donors (Lipinski definition) is 0. The predicted molar refractivity (Wildman–Crippen MR) is 100 cm³/mol. The lowest BCUT2D eigenvalue weighted by molar-refractivity contribution is -0.137. The van der Waals surface area contributed by atoms with Gasteiger partial charge in [-0.2, -0.15) is 13.2 Å². The summed E-state index contributed by atoms with van der Waals surface area (Å²) in [6, 6.07) is 8.23. The molecule has 3 aromatic heterocycles. The van der Waals surface area contributed by atoms with Crippen molar-refractivity contribution in [3.05, 3.63) is 78.6 Å². The van der Waals surface area contributed by atoms with E-state index in [0.29, 0.717) is 22.6 Å². The molecule has 1 amide bonds. The molecule has 146 valence electrons. The Kier molecular flexibility index (Phi) is 4.50. The second-order valence-electron chi connectivity index (χ2n) is 6.29. The molecule has 0 aliphatic rings. The normalized spacial score (nSPS) is 11.6. The van der Waals surface area contributed by atoms with Crippen molar-refractivity contribution in [2.75, 3.05) is 11.9 Å². The molecular weight excluding hydrogens is 383 g/mol. The predicted octanol–water partition coefficient (Wildman–Crippen LogP) is 4.09. The van der Waals surface area contributed by atoms with Crippen LogP contribution in [-0.2, 0) is 6.18 Å². The minimum absolute atomic E-state index is 0.162. The molecule has 4 rings (SSSR count). The third-order valence-corrected chi connectivity index (χ3v) is 4.46. The maximum Gasteiger partial charge on any atom is 0.416 e. The Morgan fingerprint density at radius 2 is 1.79 bits per heavy atom. The number of aromatic nitrogens is 4. The molecule has 3 heterocycles. The summed E-state index contributed by atoms with van der Waals surface area (Å²) in [5.41, 5.74) is 1.60. The molecule has 1 aromatic carbocycles. The van der Waals surface area contributed by atoms with Crippen LogP contribution >= 0.6 is 0 Å². The van der Waals surface area contributed by atoms with Gasteiger partial charge < -0.3 is 4.90 Å². The van der Waals surface area contributed by atoms with Gasteiger partial charge in [-0.1, -0.05) is 12.1 Å². The first-order valence-corrected chi connectivity index (χ1v) is 8.53. The third kappa shape index (κ3) is 3.54. The van der Waals surface area contributed by atoms with Gasteiger partial charge in [0.15, 0.2) is 5.65 Å². The van der Waals surface area contributed by atoms with Crippen molar-refractivity contribution in [3.8, 4) is 11.3 Å². The second kappa shape index (κ2) is 7.01. The molecule has 0 spiro atoms. The van der Waals surface area contributed by atoms with E-state index in [1.54, 1.807) is 36.0 Å². The molecule has 4 aromatic rings. The third-order valence-electron chi connectivity index (χ3n) is 4.46. The molecule has 0 unspecified atom stereocenters. The van der Waals surface area contributed by atoms with Crippen molar-refractivity contribution in [1.82, 2.24) is 19.4 Å². The van der Waals surface area contributed by atoms with Crippen LogP contribution in [0.3, 0.4) is 0 Å². The highest BCUT2D eigenvalue weighted by Gasteiger charge is 2.30. The zero-order valence-electron chi connectivity index (χ0n) is 15.1. The zero-order chi connectivity index (χ0) is 20.6. The first-order valence-electron chi connectivity index (χ1n) is 8.53. The van der Waals surface area contributed by atoms with Crippen molar-refractivity contribution < 1.29 is 18.0 Å². The zero-order valence-corrected chi connectivity index (χ0v) is 15.1. The van der Waals surface area contributed by atoms with Gasteiger partial charge in [-0.15, -0.1) is 0 Å². The fourth-order valence-electron chi connectivity index (χ4n) is 2.88. The van der Waals surface area contributed by atoms with E-state index in [9.17, 15) is 18.0 Å². The van der Waals surface area contributed by atoms with E-state index in [1.807, 2.05) is 0 Å². The maximum absolute atomic E-state index is 12.8. The van der Waals surface area contributed by atoms with Crippen LogP contribution < -0.4 is 4.90 Å². The number of nitrogens with zero attached hydrogens (tertiary/aromatic N) is 5. The molecule has 0 saturated carbocycles. The molecule has 9 heteroatoms. The molecule has 0 bridgehead atoms. The van der Waals surface area contributed by atoms with Crippen LogP contribution in [0, 0.1) is 0 Å². The first kappa shape index (κ1) is 18.6. The number of rotatable bonds is 3. The molecule has 0 aliphatic heterocycles. The quantitative estimate of drug-likeness (QED) is 0.523. The Bertz CT molecular complexity index is 1170. The number of carbonyl (C=O) groups is 1. The lowest BCUT2D eigenvalue weighted by Crippen LogP contribution is -2.27. The van der Waals surface area contributed by atoms with E-state index in [4.69, 9.17) is 0 Å². The molecule has 6 nitrogen and oxygen atoms in total. The van der Waals surface area contributed by atoms with Gasteiger partial charge in [0.1, 0.15) is 5.69 Å². The smallest absolute Gasteiger partial charge is 0.309 e. The van der Waals surface area contributed by atoms with Gasteiger partial charge in [-0.05, 0) is 24.3 Å². The Labute approximate surface area is 163 Å². The number of benzene rings is 1. The molecule has 0 aliphatic carbocycles. The molecule has 0 atom stereocenters. The highest BCUT2D eigenvalue weighted by atomic mass is 19.4.